The Kier molecular flexibility index (Phi) is 12.6. The van der Waals surface area contributed by atoms with Gasteiger partial charge in [0.05, 0.1) is 19.1 Å². The average molecular weight is 591 g/mol. The summed E-state index contributed by atoms with van der Waals surface area (Å²) in [5, 5.41) is 6.39. The van der Waals surface area contributed by atoms with Gasteiger partial charge in [0.25, 0.3) is 0 Å². The number of methoxy groups -OCH3 is 1. The van der Waals surface area contributed by atoms with Gasteiger partial charge in [-0.2, -0.15) is 0 Å². The molecule has 2 aliphatic rings. The van der Waals surface area contributed by atoms with Crippen molar-refractivity contribution in [2.45, 2.75) is 118 Å². The predicted molar refractivity (Wildman–Crippen MR) is 166 cm³/mol. The second-order valence-corrected chi connectivity index (χ2v) is 14.3. The first-order chi connectivity index (χ1) is 19.5. The number of esters is 1. The number of likely N-dealkylation sites (N-methyl/N-ethyl adjacent to an activating group) is 2. The van der Waals surface area contributed by atoms with E-state index in [0.29, 0.717) is 24.6 Å². The number of nitrogens with one attached hydrogen (secondary N) is 2. The van der Waals surface area contributed by atoms with Crippen molar-refractivity contribution < 1.29 is 23.9 Å². The van der Waals surface area contributed by atoms with E-state index in [-0.39, 0.29) is 29.1 Å². The molecule has 0 spiro atoms. The van der Waals surface area contributed by atoms with Crippen LogP contribution in [0.15, 0.2) is 11.8 Å². The molecule has 0 aromatic heterocycles. The van der Waals surface area contributed by atoms with E-state index >= 15 is 0 Å². The fourth-order valence-corrected chi connectivity index (χ4v) is 6.81. The molecule has 1 aliphatic heterocycles. The van der Waals surface area contributed by atoms with E-state index in [9.17, 15) is 19.2 Å². The summed E-state index contributed by atoms with van der Waals surface area (Å²) in [5.74, 6) is -1.13. The van der Waals surface area contributed by atoms with Crippen molar-refractivity contribution in [3.05, 3.63) is 11.8 Å². The quantitative estimate of drug-likeness (QED) is 0.343. The number of rotatable bonds is 11. The van der Waals surface area contributed by atoms with Crippen LogP contribution in [-0.4, -0.2) is 79.4 Å². The summed E-state index contributed by atoms with van der Waals surface area (Å²) in [5.41, 5.74) is -0.125. The normalized spacial score (nSPS) is 21.1. The minimum atomic E-state index is -0.775. The Morgan fingerprint density at radius 2 is 1.52 bits per heavy atom. The molecule has 1 unspecified atom stereocenters. The van der Waals surface area contributed by atoms with Gasteiger partial charge in [-0.25, -0.2) is 4.79 Å². The van der Waals surface area contributed by atoms with E-state index in [0.717, 1.165) is 19.3 Å². The minimum absolute atomic E-state index is 0.0595. The van der Waals surface area contributed by atoms with Crippen LogP contribution in [0.5, 0.6) is 0 Å². The SMILES string of the molecule is CN[C@H](C(=O)N[C@H](C(=O)N(C)/C(=C/C(C)C(=O)N1CCC[C@H]1C(=O)OC)C(C)C)C(C)(C)C)C(C)(C)C1CCCCC1. The Bertz CT molecular complexity index is 993. The number of hydrogen-bond acceptors (Lipinski definition) is 6. The zero-order chi connectivity index (χ0) is 32.0. The lowest BCUT2D eigenvalue weighted by atomic mass is 9.66. The highest BCUT2D eigenvalue weighted by atomic mass is 16.5. The first-order valence-electron chi connectivity index (χ1n) is 15.8. The van der Waals surface area contributed by atoms with Gasteiger partial charge in [0, 0.05) is 19.3 Å². The zero-order valence-corrected chi connectivity index (χ0v) is 28.1. The molecule has 1 aliphatic carbocycles. The summed E-state index contributed by atoms with van der Waals surface area (Å²) in [6, 6.07) is -1.79. The Hall–Kier alpha value is -2.42. The molecular formula is C33H58N4O5. The number of carbonyl (C=O) groups excluding carboxylic acids is 4. The number of allylic oxidation sites excluding steroid dienone is 1. The Balaban J connectivity index is 2.30. The molecule has 9 heteroatoms. The molecule has 0 bridgehead atoms. The first-order valence-corrected chi connectivity index (χ1v) is 15.8. The highest BCUT2D eigenvalue weighted by molar-refractivity contribution is 5.92. The second kappa shape index (κ2) is 14.8. The Morgan fingerprint density at radius 1 is 0.929 bits per heavy atom. The molecule has 1 heterocycles. The van der Waals surface area contributed by atoms with Gasteiger partial charge >= 0.3 is 5.97 Å². The van der Waals surface area contributed by atoms with Gasteiger partial charge in [-0.05, 0) is 55.4 Å². The molecule has 4 atom stereocenters. The lowest BCUT2D eigenvalue weighted by molar-refractivity contribution is -0.151. The highest BCUT2D eigenvalue weighted by Gasteiger charge is 2.44. The van der Waals surface area contributed by atoms with Crippen LogP contribution in [0.2, 0.25) is 0 Å². The number of hydrogen-bond donors (Lipinski definition) is 2. The number of carbonyl (C=O) groups is 4. The number of amides is 3. The summed E-state index contributed by atoms with van der Waals surface area (Å²) in [6.45, 7) is 16.4. The van der Waals surface area contributed by atoms with Crippen LogP contribution in [0, 0.1) is 28.6 Å². The molecule has 240 valence electrons. The summed E-state index contributed by atoms with van der Waals surface area (Å²) < 4.78 is 4.91. The molecule has 0 aromatic rings. The van der Waals surface area contributed by atoms with Crippen molar-refractivity contribution in [2.24, 2.45) is 28.6 Å². The second-order valence-electron chi connectivity index (χ2n) is 14.3. The van der Waals surface area contributed by atoms with Crippen molar-refractivity contribution in [1.29, 1.82) is 0 Å². The van der Waals surface area contributed by atoms with Gasteiger partial charge < -0.3 is 25.2 Å². The van der Waals surface area contributed by atoms with Crippen molar-refractivity contribution in [2.75, 3.05) is 27.7 Å². The number of likely N-dealkylation sites (tertiary alicyclic amines) is 1. The molecule has 2 fully saturated rings. The van der Waals surface area contributed by atoms with Gasteiger partial charge in [-0.3, -0.25) is 14.4 Å². The molecular weight excluding hydrogens is 532 g/mol. The van der Waals surface area contributed by atoms with Gasteiger partial charge in [0.15, 0.2) is 0 Å². The lowest BCUT2D eigenvalue weighted by Crippen LogP contribution is -2.61. The fourth-order valence-electron chi connectivity index (χ4n) is 6.81. The molecule has 2 rings (SSSR count). The van der Waals surface area contributed by atoms with E-state index in [2.05, 4.69) is 24.5 Å². The van der Waals surface area contributed by atoms with Gasteiger partial charge in [0.1, 0.15) is 12.1 Å². The topological polar surface area (TPSA) is 108 Å². The van der Waals surface area contributed by atoms with Crippen LogP contribution in [0.25, 0.3) is 0 Å². The van der Waals surface area contributed by atoms with Crippen molar-refractivity contribution in [3.63, 3.8) is 0 Å². The average Bonchev–Trinajstić information content (AvgIpc) is 3.43. The van der Waals surface area contributed by atoms with E-state index in [1.807, 2.05) is 47.7 Å². The number of ether oxygens (including phenoxy) is 1. The standard InChI is InChI=1S/C33H58N4O5/c1-21(2)25(20-22(3)29(39)37-19-15-18-24(37)31(41)42-11)36(10)30(40)27(32(4,5)6)35-28(38)26(34-9)33(7,8)23-16-13-12-14-17-23/h20-24,26-27,34H,12-19H2,1-11H3,(H,35,38)/b25-20+/t22?,24-,26+,27+/m0/s1. The number of nitrogens with zero attached hydrogens (tertiary/aromatic N) is 2. The zero-order valence-electron chi connectivity index (χ0n) is 28.1. The van der Waals surface area contributed by atoms with E-state index < -0.39 is 35.4 Å². The largest absolute Gasteiger partial charge is 0.467 e. The highest BCUT2D eigenvalue weighted by Crippen LogP contribution is 2.41. The monoisotopic (exact) mass is 590 g/mol. The van der Waals surface area contributed by atoms with Gasteiger partial charge in [-0.15, -0.1) is 0 Å². The van der Waals surface area contributed by atoms with Crippen LogP contribution in [0.3, 0.4) is 0 Å². The third kappa shape index (κ3) is 8.35. The maximum atomic E-state index is 14.1. The molecule has 3 amide bonds. The third-order valence-corrected chi connectivity index (χ3v) is 9.48. The van der Waals surface area contributed by atoms with Crippen molar-refractivity contribution >= 4 is 23.7 Å². The summed E-state index contributed by atoms with van der Waals surface area (Å²) in [6.07, 6.45) is 8.99. The lowest BCUT2D eigenvalue weighted by Gasteiger charge is -2.43. The smallest absolute Gasteiger partial charge is 0.328 e. The van der Waals surface area contributed by atoms with E-state index in [1.165, 1.54) is 26.4 Å². The van der Waals surface area contributed by atoms with E-state index in [4.69, 9.17) is 4.74 Å². The van der Waals surface area contributed by atoms with Crippen molar-refractivity contribution in [3.8, 4) is 0 Å². The molecule has 42 heavy (non-hydrogen) atoms. The summed E-state index contributed by atoms with van der Waals surface area (Å²) >= 11 is 0. The minimum Gasteiger partial charge on any atom is -0.467 e. The molecule has 1 saturated carbocycles. The van der Waals surface area contributed by atoms with Crippen molar-refractivity contribution in [1.82, 2.24) is 20.4 Å². The molecule has 0 aromatic carbocycles. The maximum absolute atomic E-state index is 14.1. The molecule has 0 radical (unpaired) electrons. The van der Waals surface area contributed by atoms with Crippen LogP contribution in [0.4, 0.5) is 0 Å². The third-order valence-electron chi connectivity index (χ3n) is 9.48. The predicted octanol–water partition coefficient (Wildman–Crippen LogP) is 4.51. The van der Waals surface area contributed by atoms with Crippen LogP contribution < -0.4 is 10.6 Å². The molecule has 2 N–H and O–H groups in total. The summed E-state index contributed by atoms with van der Waals surface area (Å²) in [7, 11) is 4.87. The summed E-state index contributed by atoms with van der Waals surface area (Å²) in [4.78, 5) is 56.8. The molecule has 9 nitrogen and oxygen atoms in total. The van der Waals surface area contributed by atoms with Gasteiger partial charge in [0.2, 0.25) is 17.7 Å². The van der Waals surface area contributed by atoms with Crippen LogP contribution in [-0.2, 0) is 23.9 Å². The molecule has 1 saturated heterocycles. The Morgan fingerprint density at radius 3 is 2.02 bits per heavy atom. The fraction of sp³-hybridized carbons (Fsp3) is 0.818. The van der Waals surface area contributed by atoms with Crippen LogP contribution in [0.1, 0.15) is 100 Å². The first kappa shape index (κ1) is 35.8. The van der Waals surface area contributed by atoms with E-state index in [1.54, 1.807) is 23.8 Å². The van der Waals surface area contributed by atoms with Gasteiger partial charge in [-0.1, -0.05) is 80.7 Å². The van der Waals surface area contributed by atoms with Crippen LogP contribution >= 0.6 is 0 Å². The Labute approximate surface area is 254 Å². The maximum Gasteiger partial charge on any atom is 0.328 e.